The summed E-state index contributed by atoms with van der Waals surface area (Å²) in [4.78, 5) is 9.46. The van der Waals surface area contributed by atoms with Crippen LogP contribution < -0.4 is 9.47 Å². The van der Waals surface area contributed by atoms with Crippen LogP contribution in [-0.2, 0) is 17.8 Å². The fourth-order valence-electron chi connectivity index (χ4n) is 4.15. The summed E-state index contributed by atoms with van der Waals surface area (Å²) >= 11 is 0. The highest BCUT2D eigenvalue weighted by Crippen LogP contribution is 2.31. The summed E-state index contributed by atoms with van der Waals surface area (Å²) in [6.45, 7) is 7.15. The van der Waals surface area contributed by atoms with Crippen molar-refractivity contribution in [3.05, 3.63) is 59.5 Å². The molecule has 0 N–H and O–H groups in total. The maximum Gasteiger partial charge on any atom is 0.138 e. The van der Waals surface area contributed by atoms with Gasteiger partial charge in [-0.05, 0) is 69.2 Å². The number of unbranched alkanes of at least 4 members (excludes halogenated alkanes) is 1. The zero-order chi connectivity index (χ0) is 22.2. The Balaban J connectivity index is 1.40. The first-order valence-corrected chi connectivity index (χ1v) is 11.9. The number of nitrogens with zero attached hydrogens (tertiary/aromatic N) is 2. The van der Waals surface area contributed by atoms with Crippen LogP contribution in [0.2, 0.25) is 0 Å². The lowest BCUT2D eigenvalue weighted by atomic mass is 9.94. The number of hydrogen-bond donors (Lipinski definition) is 0. The van der Waals surface area contributed by atoms with Crippen LogP contribution in [0.3, 0.4) is 0 Å². The Labute approximate surface area is 191 Å². The third kappa shape index (κ3) is 5.77. The first-order chi connectivity index (χ1) is 15.7. The van der Waals surface area contributed by atoms with E-state index in [1.165, 1.54) is 19.3 Å². The van der Waals surface area contributed by atoms with Crippen molar-refractivity contribution >= 4 is 10.9 Å². The fraction of sp³-hybridized carbons (Fsp3) is 0.481. The number of aromatic nitrogens is 2. The molecule has 0 amide bonds. The molecule has 0 atom stereocenters. The van der Waals surface area contributed by atoms with Crippen LogP contribution in [0.25, 0.3) is 10.9 Å². The van der Waals surface area contributed by atoms with Crippen LogP contribution in [0.1, 0.15) is 56.0 Å². The Bertz CT molecular complexity index is 998. The van der Waals surface area contributed by atoms with Crippen LogP contribution in [0.15, 0.2) is 42.6 Å². The quantitative estimate of drug-likeness (QED) is 0.363. The number of fused-ring (bicyclic) bond motifs is 1. The van der Waals surface area contributed by atoms with Crippen molar-refractivity contribution in [2.45, 2.75) is 59.0 Å². The van der Waals surface area contributed by atoms with Crippen LogP contribution in [0, 0.1) is 12.8 Å². The van der Waals surface area contributed by atoms with Gasteiger partial charge < -0.3 is 14.2 Å². The Morgan fingerprint density at radius 2 is 1.91 bits per heavy atom. The molecule has 3 aromatic rings. The van der Waals surface area contributed by atoms with Gasteiger partial charge in [0.15, 0.2) is 0 Å². The van der Waals surface area contributed by atoms with Gasteiger partial charge in [-0.15, -0.1) is 0 Å². The zero-order valence-corrected chi connectivity index (χ0v) is 19.3. The van der Waals surface area contributed by atoms with Crippen molar-refractivity contribution in [2.75, 3.05) is 19.8 Å². The van der Waals surface area contributed by atoms with Crippen LogP contribution >= 0.6 is 0 Å². The monoisotopic (exact) mass is 434 g/mol. The summed E-state index contributed by atoms with van der Waals surface area (Å²) in [5.74, 6) is 2.45. The van der Waals surface area contributed by atoms with Crippen molar-refractivity contribution in [1.82, 2.24) is 9.97 Å². The van der Waals surface area contributed by atoms with E-state index in [1.54, 1.807) is 0 Å². The molecule has 0 saturated carbocycles. The van der Waals surface area contributed by atoms with E-state index >= 15 is 0 Å². The lowest BCUT2D eigenvalue weighted by molar-refractivity contribution is 0.0639. The van der Waals surface area contributed by atoms with Crippen molar-refractivity contribution in [2.24, 2.45) is 5.92 Å². The van der Waals surface area contributed by atoms with E-state index in [0.717, 1.165) is 77.7 Å². The average molecular weight is 435 g/mol. The largest absolute Gasteiger partial charge is 0.493 e. The van der Waals surface area contributed by atoms with E-state index in [0.29, 0.717) is 13.2 Å². The zero-order valence-electron chi connectivity index (χ0n) is 19.3. The second kappa shape index (κ2) is 11.3. The van der Waals surface area contributed by atoms with Crippen LogP contribution in [0.5, 0.6) is 11.5 Å². The minimum atomic E-state index is 0.393. The minimum Gasteiger partial charge on any atom is -0.493 e. The normalized spacial score (nSPS) is 14.6. The SMILES string of the molecule is CCCCOc1c(C)c(COc2ccc(CCC3CCOCC3)nc2)nc2ccccc12. The Morgan fingerprint density at radius 3 is 2.69 bits per heavy atom. The van der Waals surface area contributed by atoms with Gasteiger partial charge >= 0.3 is 0 Å². The molecule has 32 heavy (non-hydrogen) atoms. The van der Waals surface area contributed by atoms with Crippen molar-refractivity contribution in [3.8, 4) is 11.5 Å². The molecule has 2 aromatic heterocycles. The molecule has 4 rings (SSSR count). The number of rotatable bonds is 10. The van der Waals surface area contributed by atoms with Gasteiger partial charge in [0.1, 0.15) is 18.1 Å². The molecule has 0 aliphatic carbocycles. The molecule has 1 saturated heterocycles. The number of ether oxygens (including phenoxy) is 3. The molecule has 170 valence electrons. The molecule has 0 bridgehead atoms. The summed E-state index contributed by atoms with van der Waals surface area (Å²) in [6, 6.07) is 12.2. The third-order valence-electron chi connectivity index (χ3n) is 6.24. The molecule has 1 fully saturated rings. The number of aryl methyl sites for hydroxylation is 1. The van der Waals surface area contributed by atoms with Gasteiger partial charge in [-0.25, -0.2) is 4.98 Å². The fourth-order valence-corrected chi connectivity index (χ4v) is 4.15. The Hall–Kier alpha value is -2.66. The van der Waals surface area contributed by atoms with E-state index < -0.39 is 0 Å². The second-order valence-corrected chi connectivity index (χ2v) is 8.60. The smallest absolute Gasteiger partial charge is 0.138 e. The van der Waals surface area contributed by atoms with Gasteiger partial charge in [-0.2, -0.15) is 0 Å². The maximum absolute atomic E-state index is 6.16. The van der Waals surface area contributed by atoms with E-state index in [1.807, 2.05) is 30.5 Å². The highest BCUT2D eigenvalue weighted by molar-refractivity contribution is 5.86. The molecule has 0 unspecified atom stereocenters. The van der Waals surface area contributed by atoms with Crippen molar-refractivity contribution < 1.29 is 14.2 Å². The predicted octanol–water partition coefficient (Wildman–Crippen LogP) is 6.06. The highest BCUT2D eigenvalue weighted by atomic mass is 16.5. The average Bonchev–Trinajstić information content (AvgIpc) is 2.84. The molecular weight excluding hydrogens is 400 g/mol. The number of benzene rings is 1. The molecule has 1 aromatic carbocycles. The lowest BCUT2D eigenvalue weighted by Crippen LogP contribution is -2.16. The third-order valence-corrected chi connectivity index (χ3v) is 6.24. The van der Waals surface area contributed by atoms with Crippen LogP contribution in [-0.4, -0.2) is 29.8 Å². The topological polar surface area (TPSA) is 53.5 Å². The van der Waals surface area contributed by atoms with Crippen molar-refractivity contribution in [1.29, 1.82) is 0 Å². The molecule has 5 heteroatoms. The maximum atomic E-state index is 6.16. The van der Waals surface area contributed by atoms with Gasteiger partial charge in [-0.1, -0.05) is 25.5 Å². The molecule has 0 spiro atoms. The molecule has 0 radical (unpaired) electrons. The van der Waals surface area contributed by atoms with E-state index in [-0.39, 0.29) is 0 Å². The van der Waals surface area contributed by atoms with E-state index in [9.17, 15) is 0 Å². The highest BCUT2D eigenvalue weighted by Gasteiger charge is 2.15. The first kappa shape index (κ1) is 22.5. The first-order valence-electron chi connectivity index (χ1n) is 11.9. The molecular formula is C27H34N2O3. The number of pyridine rings is 2. The summed E-state index contributed by atoms with van der Waals surface area (Å²) in [5, 5.41) is 1.06. The summed E-state index contributed by atoms with van der Waals surface area (Å²) in [5.41, 5.74) is 4.00. The molecule has 5 nitrogen and oxygen atoms in total. The molecule has 1 aliphatic heterocycles. The summed E-state index contributed by atoms with van der Waals surface area (Å²) in [6.07, 6.45) is 8.50. The van der Waals surface area contributed by atoms with Gasteiger partial charge in [0, 0.05) is 29.9 Å². The Kier molecular flexibility index (Phi) is 7.94. The molecule has 1 aliphatic rings. The number of hydrogen-bond acceptors (Lipinski definition) is 5. The van der Waals surface area contributed by atoms with Gasteiger partial charge in [-0.3, -0.25) is 4.98 Å². The van der Waals surface area contributed by atoms with Gasteiger partial charge in [0.05, 0.1) is 24.0 Å². The second-order valence-electron chi connectivity index (χ2n) is 8.60. The van der Waals surface area contributed by atoms with Crippen LogP contribution in [0.4, 0.5) is 0 Å². The van der Waals surface area contributed by atoms with Gasteiger partial charge in [0.2, 0.25) is 0 Å². The predicted molar refractivity (Wildman–Crippen MR) is 127 cm³/mol. The summed E-state index contributed by atoms with van der Waals surface area (Å²) < 4.78 is 17.7. The Morgan fingerprint density at radius 1 is 1.06 bits per heavy atom. The van der Waals surface area contributed by atoms with E-state index in [2.05, 4.69) is 31.0 Å². The summed E-state index contributed by atoms with van der Waals surface area (Å²) in [7, 11) is 0. The van der Waals surface area contributed by atoms with Crippen molar-refractivity contribution in [3.63, 3.8) is 0 Å². The standard InChI is InChI=1S/C27H34N2O3/c1-3-4-15-31-27-20(2)26(29-25-8-6-5-7-24(25)27)19-32-23-12-11-22(28-18-23)10-9-21-13-16-30-17-14-21/h5-8,11-12,18,21H,3-4,9-10,13-17,19H2,1-2H3. The lowest BCUT2D eigenvalue weighted by Gasteiger charge is -2.21. The number of para-hydroxylation sites is 1. The molecule has 3 heterocycles. The van der Waals surface area contributed by atoms with E-state index in [4.69, 9.17) is 19.2 Å². The van der Waals surface area contributed by atoms with Gasteiger partial charge in [0.25, 0.3) is 0 Å². The minimum absolute atomic E-state index is 0.393.